The highest BCUT2D eigenvalue weighted by Gasteiger charge is 2.33. The van der Waals surface area contributed by atoms with Crippen molar-refractivity contribution in [2.24, 2.45) is 0 Å². The summed E-state index contributed by atoms with van der Waals surface area (Å²) >= 11 is 30.1. The number of hydrogen-bond donors (Lipinski definition) is 1. The summed E-state index contributed by atoms with van der Waals surface area (Å²) in [5.41, 5.74) is 1.82. The van der Waals surface area contributed by atoms with Crippen molar-refractivity contribution in [1.82, 2.24) is 0 Å². The summed E-state index contributed by atoms with van der Waals surface area (Å²) in [5, 5.41) is 10.2. The van der Waals surface area contributed by atoms with Gasteiger partial charge in [-0.3, -0.25) is 0 Å². The van der Waals surface area contributed by atoms with Gasteiger partial charge in [0, 0.05) is 6.08 Å². The highest BCUT2D eigenvalue weighted by molar-refractivity contribution is 6.55. The minimum absolute atomic E-state index is 0.0249. The van der Waals surface area contributed by atoms with Crippen molar-refractivity contribution in [3.8, 4) is 11.5 Å². The van der Waals surface area contributed by atoms with E-state index in [0.29, 0.717) is 5.75 Å². The molecule has 1 atom stereocenters. The first kappa shape index (κ1) is 20.5. The van der Waals surface area contributed by atoms with E-state index in [2.05, 4.69) is 6.58 Å². The van der Waals surface area contributed by atoms with Crippen molar-refractivity contribution >= 4 is 58.0 Å². The van der Waals surface area contributed by atoms with E-state index in [-0.39, 0.29) is 30.9 Å². The molecule has 25 heavy (non-hydrogen) atoms. The zero-order chi connectivity index (χ0) is 18.9. The molecule has 0 saturated carbocycles. The number of benzene rings is 2. The molecule has 0 saturated heterocycles. The molecule has 2 aromatic carbocycles. The Bertz CT molecular complexity index is 809. The Balaban J connectivity index is 2.44. The third kappa shape index (κ3) is 4.30. The molecule has 2 aromatic rings. The Hall–Kier alpha value is -0.810. The topological polar surface area (TPSA) is 38.7 Å². The maximum absolute atomic E-state index is 10.6. The van der Waals surface area contributed by atoms with Crippen LogP contribution >= 0.6 is 58.0 Å². The summed E-state index contributed by atoms with van der Waals surface area (Å²) < 4.78 is 11.0. The van der Waals surface area contributed by atoms with Crippen LogP contribution in [0.3, 0.4) is 0 Å². The van der Waals surface area contributed by atoms with Crippen LogP contribution in [0.25, 0.3) is 0 Å². The molecule has 0 radical (unpaired) electrons. The Kier molecular flexibility index (Phi) is 6.42. The number of halogens is 5. The molecule has 8 heteroatoms. The van der Waals surface area contributed by atoms with Gasteiger partial charge in [0.2, 0.25) is 0 Å². The molecule has 0 fully saturated rings. The monoisotopic (exact) mass is 440 g/mol. The Morgan fingerprint density at radius 3 is 1.92 bits per heavy atom. The molecular formula is C17H13Cl5O3. The molecule has 0 aliphatic rings. The van der Waals surface area contributed by atoms with Gasteiger partial charge in [0.15, 0.2) is 5.75 Å². The van der Waals surface area contributed by atoms with Gasteiger partial charge in [0.1, 0.15) is 15.8 Å². The van der Waals surface area contributed by atoms with Crippen LogP contribution in [-0.2, 0) is 0 Å². The van der Waals surface area contributed by atoms with E-state index in [1.54, 1.807) is 6.07 Å². The fourth-order valence-electron chi connectivity index (χ4n) is 2.00. The van der Waals surface area contributed by atoms with Gasteiger partial charge < -0.3 is 14.6 Å². The molecule has 0 heterocycles. The average Bonchev–Trinajstić information content (AvgIpc) is 2.58. The van der Waals surface area contributed by atoms with Gasteiger partial charge in [-0.05, 0) is 25.5 Å². The minimum Gasteiger partial charge on any atom is -0.427 e. The van der Waals surface area contributed by atoms with Gasteiger partial charge >= 0.3 is 5.97 Å². The Labute approximate surface area is 170 Å². The lowest BCUT2D eigenvalue weighted by atomic mass is 10.1. The quantitative estimate of drug-likeness (QED) is 0.238. The molecule has 0 aliphatic heterocycles. The van der Waals surface area contributed by atoms with Crippen molar-refractivity contribution in [2.75, 3.05) is 0 Å². The number of aliphatic hydroxyl groups is 1. The number of aryl methyl sites for hydroxylation is 2. The van der Waals surface area contributed by atoms with E-state index >= 15 is 0 Å². The molecule has 1 N–H and O–H groups in total. The maximum atomic E-state index is 10.6. The summed E-state index contributed by atoms with van der Waals surface area (Å²) in [5.74, 6) is -2.07. The summed E-state index contributed by atoms with van der Waals surface area (Å²) in [7, 11) is 0. The molecule has 1 unspecified atom stereocenters. The smallest absolute Gasteiger partial charge is 0.391 e. The molecule has 3 nitrogen and oxygen atoms in total. The predicted octanol–water partition coefficient (Wildman–Crippen LogP) is 6.86. The van der Waals surface area contributed by atoms with Crippen LogP contribution < -0.4 is 9.47 Å². The predicted molar refractivity (Wildman–Crippen MR) is 104 cm³/mol. The molecule has 0 spiro atoms. The molecular weight excluding hydrogens is 429 g/mol. The number of hydrogen-bond acceptors (Lipinski definition) is 3. The number of ether oxygens (including phenoxy) is 2. The zero-order valence-electron chi connectivity index (χ0n) is 13.2. The highest BCUT2D eigenvalue weighted by Crippen LogP contribution is 2.49. The first-order valence-corrected chi connectivity index (χ1v) is 8.81. The third-order valence-electron chi connectivity index (χ3n) is 3.26. The van der Waals surface area contributed by atoms with E-state index in [1.165, 1.54) is 0 Å². The molecule has 0 bridgehead atoms. The molecule has 0 aromatic heterocycles. The van der Waals surface area contributed by atoms with E-state index in [4.69, 9.17) is 67.5 Å². The Morgan fingerprint density at radius 1 is 0.920 bits per heavy atom. The SMILES string of the molecule is C=CC(O)(Oc1ccc(C)cc1C)Oc1c(Cl)c(Cl)c(Cl)c(Cl)c1Cl. The largest absolute Gasteiger partial charge is 0.427 e. The van der Waals surface area contributed by atoms with Gasteiger partial charge in [-0.25, -0.2) is 0 Å². The average molecular weight is 443 g/mol. The first-order chi connectivity index (χ1) is 11.6. The van der Waals surface area contributed by atoms with Crippen molar-refractivity contribution in [1.29, 1.82) is 0 Å². The second-order valence-corrected chi connectivity index (χ2v) is 7.10. The van der Waals surface area contributed by atoms with Gasteiger partial charge in [0.25, 0.3) is 0 Å². The van der Waals surface area contributed by atoms with Gasteiger partial charge in [-0.2, -0.15) is 0 Å². The van der Waals surface area contributed by atoms with Crippen molar-refractivity contribution in [3.05, 3.63) is 67.1 Å². The maximum Gasteiger partial charge on any atom is 0.391 e. The van der Waals surface area contributed by atoms with Crippen LogP contribution in [0.15, 0.2) is 30.9 Å². The standard InChI is InChI=1S/C17H13Cl5O3/c1-4-17(23,24-10-6-5-8(2)7-9(10)3)25-16-14(21)12(19)11(18)13(20)15(16)22/h4-7,23H,1H2,2-3H3. The highest BCUT2D eigenvalue weighted by atomic mass is 35.5. The van der Waals surface area contributed by atoms with Crippen LogP contribution in [-0.4, -0.2) is 11.1 Å². The molecule has 134 valence electrons. The van der Waals surface area contributed by atoms with Crippen molar-refractivity contribution < 1.29 is 14.6 Å². The van der Waals surface area contributed by atoms with Crippen molar-refractivity contribution in [2.45, 2.75) is 19.8 Å². The van der Waals surface area contributed by atoms with Crippen LogP contribution in [0, 0.1) is 13.8 Å². The fraction of sp³-hybridized carbons (Fsp3) is 0.176. The van der Waals surface area contributed by atoms with E-state index in [9.17, 15) is 5.11 Å². The first-order valence-electron chi connectivity index (χ1n) is 6.92. The summed E-state index contributed by atoms with van der Waals surface area (Å²) in [4.78, 5) is 0. The summed E-state index contributed by atoms with van der Waals surface area (Å²) in [6.07, 6.45) is 1.04. The molecule has 0 amide bonds. The van der Waals surface area contributed by atoms with Crippen LogP contribution in [0.4, 0.5) is 0 Å². The van der Waals surface area contributed by atoms with E-state index < -0.39 is 5.97 Å². The van der Waals surface area contributed by atoms with E-state index in [1.807, 2.05) is 26.0 Å². The fourth-order valence-corrected chi connectivity index (χ4v) is 3.19. The summed E-state index contributed by atoms with van der Waals surface area (Å²) in [6.45, 7) is 7.27. The zero-order valence-corrected chi connectivity index (χ0v) is 16.9. The lowest BCUT2D eigenvalue weighted by Crippen LogP contribution is -2.40. The number of rotatable bonds is 5. The van der Waals surface area contributed by atoms with Crippen LogP contribution in [0.1, 0.15) is 11.1 Å². The van der Waals surface area contributed by atoms with Gasteiger partial charge in [0.05, 0.1) is 15.1 Å². The lowest BCUT2D eigenvalue weighted by Gasteiger charge is -2.28. The summed E-state index contributed by atoms with van der Waals surface area (Å²) in [6, 6.07) is 5.39. The normalized spacial score (nSPS) is 13.3. The van der Waals surface area contributed by atoms with Gasteiger partial charge in [-0.1, -0.05) is 82.3 Å². The second kappa shape index (κ2) is 7.83. The van der Waals surface area contributed by atoms with Crippen LogP contribution in [0.5, 0.6) is 11.5 Å². The third-order valence-corrected chi connectivity index (χ3v) is 5.50. The molecule has 2 rings (SSSR count). The Morgan fingerprint density at radius 2 is 1.44 bits per heavy atom. The van der Waals surface area contributed by atoms with Gasteiger partial charge in [-0.15, -0.1) is 0 Å². The lowest BCUT2D eigenvalue weighted by molar-refractivity contribution is -0.234. The minimum atomic E-state index is -2.27. The van der Waals surface area contributed by atoms with Crippen molar-refractivity contribution in [3.63, 3.8) is 0 Å². The second-order valence-electron chi connectivity index (χ2n) is 5.21. The molecule has 0 aliphatic carbocycles. The van der Waals surface area contributed by atoms with E-state index in [0.717, 1.165) is 17.2 Å². The van der Waals surface area contributed by atoms with Crippen LogP contribution in [0.2, 0.25) is 25.1 Å².